The molecule has 0 amide bonds. The smallest absolute Gasteiger partial charge is 0.128 e. The maximum absolute atomic E-state index is 4.07. The summed E-state index contributed by atoms with van der Waals surface area (Å²) in [5, 5.41) is 11.4. The van der Waals surface area contributed by atoms with Gasteiger partial charge in [0, 0.05) is 38.3 Å². The molecular formula is C8H13IN4. The third-order valence-electron chi connectivity index (χ3n) is 2.30. The predicted octanol–water partition coefficient (Wildman–Crippen LogP) is 1.35. The van der Waals surface area contributed by atoms with Gasteiger partial charge in [0.25, 0.3) is 0 Å². The number of alkyl halides is 1. The lowest BCUT2D eigenvalue weighted by Crippen LogP contribution is -2.43. The molecule has 5 heteroatoms. The van der Waals surface area contributed by atoms with Gasteiger partial charge in [-0.25, -0.2) is 0 Å². The van der Waals surface area contributed by atoms with E-state index in [1.165, 1.54) is 5.70 Å². The summed E-state index contributed by atoms with van der Waals surface area (Å²) >= 11 is 2.32. The number of hydrogen-bond donors (Lipinski definition) is 1. The highest BCUT2D eigenvalue weighted by atomic mass is 127. The van der Waals surface area contributed by atoms with Gasteiger partial charge in [-0.15, -0.1) is 0 Å². The molecule has 0 saturated carbocycles. The second-order valence-corrected chi connectivity index (χ2v) is 4.66. The molecule has 0 unspecified atom stereocenters. The molecule has 0 aromatic carbocycles. The van der Waals surface area contributed by atoms with E-state index >= 15 is 0 Å². The molecule has 1 atom stereocenters. The quantitative estimate of drug-likeness (QED) is 0.450. The maximum atomic E-state index is 4.07. The van der Waals surface area contributed by atoms with Gasteiger partial charge in [0.2, 0.25) is 0 Å². The second kappa shape index (κ2) is 4.36. The van der Waals surface area contributed by atoms with Gasteiger partial charge in [-0.05, 0) is 0 Å². The van der Waals surface area contributed by atoms with Gasteiger partial charge in [-0.1, -0.05) is 22.6 Å². The monoisotopic (exact) mass is 292 g/mol. The summed E-state index contributed by atoms with van der Waals surface area (Å²) in [6.07, 6.45) is 2.94. The van der Waals surface area contributed by atoms with Gasteiger partial charge >= 0.3 is 0 Å². The van der Waals surface area contributed by atoms with Crippen LogP contribution in [0.3, 0.4) is 0 Å². The van der Waals surface area contributed by atoms with Crippen LogP contribution in [0.1, 0.15) is 6.42 Å². The van der Waals surface area contributed by atoms with Crippen molar-refractivity contribution in [3.8, 4) is 0 Å². The molecule has 0 aromatic rings. The zero-order valence-electron chi connectivity index (χ0n) is 7.41. The van der Waals surface area contributed by atoms with Crippen molar-refractivity contribution in [2.75, 3.05) is 26.2 Å². The molecular weight excluding hydrogens is 279 g/mol. The first-order valence-corrected chi connectivity index (χ1v) is 5.79. The summed E-state index contributed by atoms with van der Waals surface area (Å²) in [5.74, 6) is 0. The minimum absolute atomic E-state index is 0.326. The standard InChI is InChI=1S/C8H13IN4/c9-8-5-7(6-11-12-8)13-3-1-10-2-4-13/h6,8,10H,1-5H2/t8-/m0/s1. The summed E-state index contributed by atoms with van der Waals surface area (Å²) in [7, 11) is 0. The molecule has 2 aliphatic heterocycles. The summed E-state index contributed by atoms with van der Waals surface area (Å²) in [6.45, 7) is 4.37. The second-order valence-electron chi connectivity index (χ2n) is 3.23. The first-order valence-electron chi connectivity index (χ1n) is 4.55. The number of nitrogens with one attached hydrogen (secondary N) is 1. The number of hydrogen-bond acceptors (Lipinski definition) is 4. The molecule has 0 bridgehead atoms. The molecule has 4 nitrogen and oxygen atoms in total. The molecule has 2 aliphatic rings. The highest BCUT2D eigenvalue weighted by Gasteiger charge is 2.17. The molecule has 2 heterocycles. The Morgan fingerprint density at radius 2 is 2.23 bits per heavy atom. The maximum Gasteiger partial charge on any atom is 0.128 e. The lowest BCUT2D eigenvalue weighted by Gasteiger charge is -2.32. The Hall–Kier alpha value is -0.170. The Morgan fingerprint density at radius 3 is 2.92 bits per heavy atom. The van der Waals surface area contributed by atoms with E-state index in [1.807, 2.05) is 6.20 Å². The van der Waals surface area contributed by atoms with Crippen molar-refractivity contribution in [3.05, 3.63) is 11.9 Å². The van der Waals surface area contributed by atoms with Crippen LogP contribution in [-0.2, 0) is 0 Å². The zero-order valence-corrected chi connectivity index (χ0v) is 9.57. The molecule has 1 N–H and O–H groups in total. The van der Waals surface area contributed by atoms with Crippen molar-refractivity contribution in [2.24, 2.45) is 10.2 Å². The van der Waals surface area contributed by atoms with E-state index in [2.05, 4.69) is 43.0 Å². The predicted molar refractivity (Wildman–Crippen MR) is 59.8 cm³/mol. The van der Waals surface area contributed by atoms with E-state index in [1.54, 1.807) is 0 Å². The lowest BCUT2D eigenvalue weighted by atomic mass is 10.2. The summed E-state index contributed by atoms with van der Waals surface area (Å²) in [5.41, 5.74) is 1.34. The molecule has 72 valence electrons. The van der Waals surface area contributed by atoms with Crippen molar-refractivity contribution >= 4 is 22.6 Å². The Balaban J connectivity index is 1.98. The van der Waals surface area contributed by atoms with Crippen LogP contribution in [0.5, 0.6) is 0 Å². The number of rotatable bonds is 1. The molecule has 1 fully saturated rings. The van der Waals surface area contributed by atoms with Crippen LogP contribution >= 0.6 is 22.6 Å². The molecule has 13 heavy (non-hydrogen) atoms. The average Bonchev–Trinajstić information content (AvgIpc) is 2.19. The van der Waals surface area contributed by atoms with Crippen molar-refractivity contribution in [1.82, 2.24) is 10.2 Å². The third-order valence-corrected chi connectivity index (χ3v) is 2.99. The van der Waals surface area contributed by atoms with Gasteiger partial charge in [0.15, 0.2) is 0 Å². The molecule has 2 rings (SSSR count). The fraction of sp³-hybridized carbons (Fsp3) is 0.750. The third kappa shape index (κ3) is 2.40. The minimum atomic E-state index is 0.326. The van der Waals surface area contributed by atoms with E-state index in [0.717, 1.165) is 32.6 Å². The van der Waals surface area contributed by atoms with E-state index < -0.39 is 0 Å². The van der Waals surface area contributed by atoms with Crippen LogP contribution in [0.2, 0.25) is 0 Å². The summed E-state index contributed by atoms with van der Waals surface area (Å²) in [4.78, 5) is 2.40. The van der Waals surface area contributed by atoms with E-state index in [9.17, 15) is 0 Å². The highest BCUT2D eigenvalue weighted by molar-refractivity contribution is 14.1. The van der Waals surface area contributed by atoms with Gasteiger partial charge in [-0.3, -0.25) is 0 Å². The Morgan fingerprint density at radius 1 is 1.46 bits per heavy atom. The molecule has 0 aromatic heterocycles. The Labute approximate surface area is 91.6 Å². The van der Waals surface area contributed by atoms with Crippen molar-refractivity contribution in [1.29, 1.82) is 0 Å². The van der Waals surface area contributed by atoms with Crippen molar-refractivity contribution in [2.45, 2.75) is 10.5 Å². The lowest BCUT2D eigenvalue weighted by molar-refractivity contribution is 0.287. The Kier molecular flexibility index (Phi) is 3.15. The molecule has 1 saturated heterocycles. The van der Waals surface area contributed by atoms with Gasteiger partial charge < -0.3 is 10.2 Å². The van der Waals surface area contributed by atoms with Crippen LogP contribution in [0.4, 0.5) is 0 Å². The molecule has 0 radical (unpaired) electrons. The molecule has 0 spiro atoms. The fourth-order valence-corrected chi connectivity index (χ4v) is 2.20. The van der Waals surface area contributed by atoms with Crippen LogP contribution in [0.15, 0.2) is 22.1 Å². The SMILES string of the molecule is I[C@@H]1CC(N2CCNCC2)=CN=N1. The normalized spacial score (nSPS) is 28.8. The number of halogens is 1. The minimum Gasteiger partial charge on any atom is -0.371 e. The first-order chi connectivity index (χ1) is 6.36. The number of azo groups is 1. The fourth-order valence-electron chi connectivity index (χ4n) is 1.60. The highest BCUT2D eigenvalue weighted by Crippen LogP contribution is 2.22. The van der Waals surface area contributed by atoms with E-state index in [-0.39, 0.29) is 0 Å². The van der Waals surface area contributed by atoms with Crippen LogP contribution in [0.25, 0.3) is 0 Å². The number of nitrogens with zero attached hydrogens (tertiary/aromatic N) is 3. The summed E-state index contributed by atoms with van der Waals surface area (Å²) in [6, 6.07) is 0. The van der Waals surface area contributed by atoms with E-state index in [4.69, 9.17) is 0 Å². The van der Waals surface area contributed by atoms with Crippen LogP contribution in [-0.4, -0.2) is 35.1 Å². The van der Waals surface area contributed by atoms with Crippen molar-refractivity contribution in [3.63, 3.8) is 0 Å². The molecule has 0 aliphatic carbocycles. The van der Waals surface area contributed by atoms with Gasteiger partial charge in [0.05, 0.1) is 6.20 Å². The van der Waals surface area contributed by atoms with Gasteiger partial charge in [0.1, 0.15) is 4.05 Å². The Bertz CT molecular complexity index is 232. The van der Waals surface area contributed by atoms with E-state index in [0.29, 0.717) is 4.05 Å². The number of piperazine rings is 1. The largest absolute Gasteiger partial charge is 0.371 e. The first kappa shape index (κ1) is 9.39. The van der Waals surface area contributed by atoms with Crippen LogP contribution < -0.4 is 5.32 Å². The zero-order chi connectivity index (χ0) is 9.10. The summed E-state index contributed by atoms with van der Waals surface area (Å²) < 4.78 is 0.326. The van der Waals surface area contributed by atoms with Crippen LogP contribution in [0, 0.1) is 0 Å². The van der Waals surface area contributed by atoms with Crippen molar-refractivity contribution < 1.29 is 0 Å². The van der Waals surface area contributed by atoms with Gasteiger partial charge in [-0.2, -0.15) is 10.2 Å². The average molecular weight is 292 g/mol. The topological polar surface area (TPSA) is 40.0 Å².